The van der Waals surface area contributed by atoms with Crippen molar-refractivity contribution >= 4 is 29.1 Å². The van der Waals surface area contributed by atoms with E-state index in [0.717, 1.165) is 18.0 Å². The first-order chi connectivity index (χ1) is 12.5. The van der Waals surface area contributed by atoms with Crippen molar-refractivity contribution in [2.24, 2.45) is 5.92 Å². The normalized spacial score (nSPS) is 25.2. The molecular formula is C20H29ClN3O2+. The molecule has 142 valence electrons. The number of hydrogen-bond donors (Lipinski definition) is 3. The van der Waals surface area contributed by atoms with Crippen molar-refractivity contribution < 1.29 is 14.5 Å². The molecule has 1 aromatic rings. The number of benzene rings is 1. The summed E-state index contributed by atoms with van der Waals surface area (Å²) >= 11 is 6.07. The second-order valence-corrected chi connectivity index (χ2v) is 8.02. The average Bonchev–Trinajstić information content (AvgIpc) is 2.64. The average molecular weight is 379 g/mol. The topological polar surface area (TPSA) is 62.6 Å². The van der Waals surface area contributed by atoms with E-state index < -0.39 is 0 Å². The number of quaternary nitrogens is 1. The molecule has 0 aromatic heterocycles. The highest BCUT2D eigenvalue weighted by molar-refractivity contribution is 6.31. The molecule has 1 aromatic carbocycles. The minimum absolute atomic E-state index is 0.00778. The molecule has 3 N–H and O–H groups in total. The number of halogens is 1. The molecule has 0 spiro atoms. The lowest BCUT2D eigenvalue weighted by molar-refractivity contribution is -0.928. The van der Waals surface area contributed by atoms with Crippen molar-refractivity contribution in [2.45, 2.75) is 51.5 Å². The van der Waals surface area contributed by atoms with Crippen LogP contribution in [0.25, 0.3) is 0 Å². The predicted molar refractivity (Wildman–Crippen MR) is 104 cm³/mol. The third kappa shape index (κ3) is 4.77. The van der Waals surface area contributed by atoms with Gasteiger partial charge >= 0.3 is 0 Å². The molecule has 2 amide bonds. The smallest absolute Gasteiger partial charge is 0.275 e. The largest absolute Gasteiger partial charge is 0.342 e. The lowest BCUT2D eigenvalue weighted by Gasteiger charge is -2.40. The van der Waals surface area contributed by atoms with Gasteiger partial charge < -0.3 is 15.5 Å². The first kappa shape index (κ1) is 19.2. The fourth-order valence-electron chi connectivity index (χ4n) is 4.47. The Balaban J connectivity index is 1.46. The Bertz CT molecular complexity index is 662. The summed E-state index contributed by atoms with van der Waals surface area (Å²) in [5.74, 6) is 0.520. The number of piperidine rings is 1. The zero-order valence-corrected chi connectivity index (χ0v) is 16.2. The molecule has 3 rings (SSSR count). The van der Waals surface area contributed by atoms with Crippen LogP contribution in [0.5, 0.6) is 0 Å². The number of anilines is 1. The Kier molecular flexibility index (Phi) is 6.54. The summed E-state index contributed by atoms with van der Waals surface area (Å²) in [6, 6.07) is 6.02. The number of amides is 2. The highest BCUT2D eigenvalue weighted by Gasteiger charge is 2.37. The lowest BCUT2D eigenvalue weighted by atomic mass is 9.78. The Morgan fingerprint density at radius 1 is 1.15 bits per heavy atom. The Morgan fingerprint density at radius 2 is 1.92 bits per heavy atom. The number of rotatable bonds is 5. The molecule has 0 radical (unpaired) electrons. The van der Waals surface area contributed by atoms with E-state index in [9.17, 15) is 9.59 Å². The van der Waals surface area contributed by atoms with E-state index in [1.807, 2.05) is 13.0 Å². The maximum absolute atomic E-state index is 12.3. The van der Waals surface area contributed by atoms with Crippen LogP contribution in [0.2, 0.25) is 5.02 Å². The summed E-state index contributed by atoms with van der Waals surface area (Å²) in [5.41, 5.74) is 1.51. The van der Waals surface area contributed by atoms with Gasteiger partial charge in [-0.15, -0.1) is 0 Å². The van der Waals surface area contributed by atoms with Crippen molar-refractivity contribution in [3.8, 4) is 0 Å². The van der Waals surface area contributed by atoms with Crippen LogP contribution in [-0.2, 0) is 9.59 Å². The van der Waals surface area contributed by atoms with Crippen LogP contribution in [-0.4, -0.2) is 37.5 Å². The zero-order valence-electron chi connectivity index (χ0n) is 15.4. The summed E-state index contributed by atoms with van der Waals surface area (Å²) < 4.78 is 0. The maximum Gasteiger partial charge on any atom is 0.275 e. The quantitative estimate of drug-likeness (QED) is 0.733. The molecule has 1 heterocycles. The fraction of sp³-hybridized carbons (Fsp3) is 0.600. The minimum Gasteiger partial charge on any atom is -0.342 e. The number of nitrogens with one attached hydrogen (secondary N) is 3. The van der Waals surface area contributed by atoms with Crippen molar-refractivity contribution in [1.82, 2.24) is 5.32 Å². The summed E-state index contributed by atoms with van der Waals surface area (Å²) in [5, 5.41) is 6.20. The van der Waals surface area contributed by atoms with Crippen LogP contribution in [0.3, 0.4) is 0 Å². The van der Waals surface area contributed by atoms with Crippen LogP contribution < -0.4 is 15.5 Å². The maximum atomic E-state index is 12.3. The summed E-state index contributed by atoms with van der Waals surface area (Å²) in [7, 11) is 0. The first-order valence-electron chi connectivity index (χ1n) is 9.71. The SMILES string of the molecule is Cc1c(Cl)cccc1NC(=O)CNC(=O)C[NH+]1CCC[C@H]2CCCC[C@@H]21. The van der Waals surface area contributed by atoms with Crippen molar-refractivity contribution in [1.29, 1.82) is 0 Å². The van der Waals surface area contributed by atoms with Crippen LogP contribution >= 0.6 is 11.6 Å². The molecule has 3 atom stereocenters. The van der Waals surface area contributed by atoms with Crippen molar-refractivity contribution in [3.05, 3.63) is 28.8 Å². The van der Waals surface area contributed by atoms with Crippen molar-refractivity contribution in [2.75, 3.05) is 25.0 Å². The third-order valence-corrected chi connectivity index (χ3v) is 6.29. The number of fused-ring (bicyclic) bond motifs is 1. The van der Waals surface area contributed by atoms with Gasteiger partial charge in [-0.05, 0) is 56.7 Å². The Labute approximate surface area is 160 Å². The molecule has 6 heteroatoms. The van der Waals surface area contributed by atoms with Crippen LogP contribution in [0.1, 0.15) is 44.1 Å². The van der Waals surface area contributed by atoms with Gasteiger partial charge in [0.2, 0.25) is 5.91 Å². The van der Waals surface area contributed by atoms with Crippen LogP contribution in [0, 0.1) is 12.8 Å². The van der Waals surface area contributed by atoms with E-state index in [2.05, 4.69) is 10.6 Å². The molecule has 0 bridgehead atoms. The molecule has 1 aliphatic carbocycles. The van der Waals surface area contributed by atoms with Gasteiger partial charge in [0.25, 0.3) is 5.91 Å². The lowest BCUT2D eigenvalue weighted by Crippen LogP contribution is -3.18. The van der Waals surface area contributed by atoms with Gasteiger partial charge in [-0.3, -0.25) is 9.59 Å². The van der Waals surface area contributed by atoms with E-state index in [1.54, 1.807) is 12.1 Å². The van der Waals surface area contributed by atoms with Gasteiger partial charge in [-0.1, -0.05) is 24.1 Å². The second kappa shape index (κ2) is 8.87. The van der Waals surface area contributed by atoms with Gasteiger partial charge in [0.05, 0.1) is 19.1 Å². The highest BCUT2D eigenvalue weighted by Crippen LogP contribution is 2.28. The van der Waals surface area contributed by atoms with Gasteiger partial charge in [0, 0.05) is 16.6 Å². The van der Waals surface area contributed by atoms with E-state index in [-0.39, 0.29) is 18.4 Å². The Hall–Kier alpha value is -1.59. The molecule has 1 aliphatic heterocycles. The monoisotopic (exact) mass is 378 g/mol. The summed E-state index contributed by atoms with van der Waals surface area (Å²) in [4.78, 5) is 25.9. The Morgan fingerprint density at radius 3 is 2.77 bits per heavy atom. The first-order valence-corrected chi connectivity index (χ1v) is 10.1. The van der Waals surface area contributed by atoms with E-state index in [0.29, 0.717) is 23.3 Å². The van der Waals surface area contributed by atoms with E-state index in [4.69, 9.17) is 11.6 Å². The highest BCUT2D eigenvalue weighted by atomic mass is 35.5. The summed E-state index contributed by atoms with van der Waals surface area (Å²) in [6.07, 6.45) is 7.70. The zero-order chi connectivity index (χ0) is 18.5. The van der Waals surface area contributed by atoms with Gasteiger partial charge in [-0.2, -0.15) is 0 Å². The molecule has 26 heavy (non-hydrogen) atoms. The molecule has 2 fully saturated rings. The number of hydrogen-bond acceptors (Lipinski definition) is 2. The predicted octanol–water partition coefficient (Wildman–Crippen LogP) is 1.94. The number of carbonyl (C=O) groups excluding carboxylic acids is 2. The fourth-order valence-corrected chi connectivity index (χ4v) is 4.65. The van der Waals surface area contributed by atoms with Crippen LogP contribution in [0.4, 0.5) is 5.69 Å². The minimum atomic E-state index is -0.229. The summed E-state index contributed by atoms with van der Waals surface area (Å²) in [6.45, 7) is 3.40. The molecule has 2 aliphatic rings. The van der Waals surface area contributed by atoms with Gasteiger partial charge in [-0.25, -0.2) is 0 Å². The molecule has 1 unspecified atom stereocenters. The van der Waals surface area contributed by atoms with Crippen molar-refractivity contribution in [3.63, 3.8) is 0 Å². The molecule has 1 saturated heterocycles. The van der Waals surface area contributed by atoms with Crippen LogP contribution in [0.15, 0.2) is 18.2 Å². The third-order valence-electron chi connectivity index (χ3n) is 5.88. The van der Waals surface area contributed by atoms with E-state index in [1.165, 1.54) is 43.4 Å². The number of carbonyl (C=O) groups is 2. The van der Waals surface area contributed by atoms with E-state index >= 15 is 0 Å². The second-order valence-electron chi connectivity index (χ2n) is 7.62. The molecule has 5 nitrogen and oxygen atoms in total. The van der Waals surface area contributed by atoms with Gasteiger partial charge in [0.1, 0.15) is 0 Å². The molecule has 1 saturated carbocycles. The molecular weight excluding hydrogens is 350 g/mol. The van der Waals surface area contributed by atoms with Gasteiger partial charge in [0.15, 0.2) is 6.54 Å². The number of likely N-dealkylation sites (tertiary alicyclic amines) is 1. The standard InChI is InChI=1S/C20H28ClN3O2/c1-14-16(21)8-4-9-17(14)23-19(25)12-22-20(26)13-24-11-5-7-15-6-2-3-10-18(15)24/h4,8-9,15,18H,2-3,5-7,10-13H2,1H3,(H,22,26)(H,23,25)/p+1/t15-,18+/m1/s1.